The first-order chi connectivity index (χ1) is 18.0. The van der Waals surface area contributed by atoms with Gasteiger partial charge in [0, 0.05) is 27.5 Å². The Kier molecular flexibility index (Phi) is 11.3. The zero-order valence-corrected chi connectivity index (χ0v) is 25.9. The van der Waals surface area contributed by atoms with Crippen LogP contribution in [0.3, 0.4) is 0 Å². The van der Waals surface area contributed by atoms with Crippen LogP contribution >= 0.6 is 46.7 Å². The first kappa shape index (κ1) is 31.1. The van der Waals surface area contributed by atoms with Gasteiger partial charge in [0.25, 0.3) is 5.91 Å². The zero-order valence-electron chi connectivity index (χ0n) is 21.9. The Balaban J connectivity index is 1.74. The van der Waals surface area contributed by atoms with Gasteiger partial charge in [-0.05, 0) is 69.5 Å². The molecule has 1 fully saturated rings. The molecule has 1 heterocycles. The fourth-order valence-corrected chi connectivity index (χ4v) is 7.18. The smallest absolute Gasteiger partial charge is 0.309 e. The lowest BCUT2D eigenvalue weighted by molar-refractivity contribution is -0.124. The van der Waals surface area contributed by atoms with Crippen molar-refractivity contribution in [1.29, 1.82) is 0 Å². The maximum absolute atomic E-state index is 13.8. The molecule has 1 aliphatic rings. The largest absolute Gasteiger partial charge is 0.332 e. The van der Waals surface area contributed by atoms with Gasteiger partial charge in [-0.3, -0.25) is 9.36 Å². The molecule has 2 aromatic carbocycles. The number of benzene rings is 2. The Morgan fingerprint density at radius 2 is 1.50 bits per heavy atom. The van der Waals surface area contributed by atoms with Crippen molar-refractivity contribution in [3.8, 4) is 0 Å². The van der Waals surface area contributed by atoms with E-state index < -0.39 is 19.2 Å². The minimum absolute atomic E-state index is 0.321. The predicted molar refractivity (Wildman–Crippen MR) is 156 cm³/mol. The van der Waals surface area contributed by atoms with Crippen molar-refractivity contribution in [1.82, 2.24) is 4.90 Å². The normalized spacial score (nSPS) is 18.1. The molecule has 0 bridgehead atoms. The highest BCUT2D eigenvalue weighted by Gasteiger charge is 2.54. The Morgan fingerprint density at radius 3 is 2.08 bits per heavy atom. The highest BCUT2D eigenvalue weighted by atomic mass is 79.9. The number of unbranched alkanes of at least 4 members (excludes halogenated alkanes) is 3. The molecule has 2 aromatic rings. The summed E-state index contributed by atoms with van der Waals surface area (Å²) in [5.41, 5.74) is 0.208. The van der Waals surface area contributed by atoms with Crippen molar-refractivity contribution in [2.45, 2.75) is 58.4 Å². The fourth-order valence-electron chi connectivity index (χ4n) is 4.67. The van der Waals surface area contributed by atoms with E-state index in [2.05, 4.69) is 15.9 Å². The molecule has 0 saturated carbocycles. The summed E-state index contributed by atoms with van der Waals surface area (Å²) in [4.78, 5) is 30.3. The summed E-state index contributed by atoms with van der Waals surface area (Å²) in [6, 6.07) is 12.0. The number of amides is 3. The van der Waals surface area contributed by atoms with E-state index in [-0.39, 0.29) is 5.91 Å². The molecule has 0 aromatic heterocycles. The van der Waals surface area contributed by atoms with E-state index in [1.165, 1.54) is 4.90 Å². The zero-order chi connectivity index (χ0) is 27.9. The SMILES string of the molecule is CCOP(=O)(CCCCCCN1C(=O)N(c2cc(Cl)cc(Cl)c2)C(=O)[C@@]1(C)Cc1ccc(Br)cc1)OCC. The first-order valence-corrected chi connectivity index (χ1v) is 16.1. The molecule has 1 atom stereocenters. The molecule has 38 heavy (non-hydrogen) atoms. The second kappa shape index (κ2) is 13.8. The van der Waals surface area contributed by atoms with Gasteiger partial charge in [0.1, 0.15) is 5.54 Å². The molecule has 0 aliphatic carbocycles. The molecule has 11 heteroatoms. The number of anilines is 1. The maximum Gasteiger partial charge on any atom is 0.332 e. The number of carbonyl (C=O) groups excluding carboxylic acids is 2. The van der Waals surface area contributed by atoms with E-state index >= 15 is 0 Å². The molecule has 0 N–H and O–H groups in total. The van der Waals surface area contributed by atoms with Gasteiger partial charge in [0.2, 0.25) is 0 Å². The summed E-state index contributed by atoms with van der Waals surface area (Å²) in [5, 5.41) is 0.690. The molecular formula is C27H34BrCl2N2O5P. The van der Waals surface area contributed by atoms with Gasteiger partial charge in [-0.1, -0.05) is 64.1 Å². The van der Waals surface area contributed by atoms with Gasteiger partial charge >= 0.3 is 13.6 Å². The summed E-state index contributed by atoms with van der Waals surface area (Å²) in [5.74, 6) is -0.321. The van der Waals surface area contributed by atoms with Crippen LogP contribution in [0.2, 0.25) is 10.0 Å². The first-order valence-electron chi connectivity index (χ1n) is 12.8. The van der Waals surface area contributed by atoms with Crippen LogP contribution in [-0.2, 0) is 24.8 Å². The monoisotopic (exact) mass is 646 g/mol. The molecule has 1 aliphatic heterocycles. The van der Waals surface area contributed by atoms with Crippen LogP contribution in [0.5, 0.6) is 0 Å². The van der Waals surface area contributed by atoms with E-state index in [1.807, 2.05) is 31.2 Å². The lowest BCUT2D eigenvalue weighted by Gasteiger charge is -2.32. The average molecular weight is 648 g/mol. The van der Waals surface area contributed by atoms with Crippen molar-refractivity contribution in [3.05, 3.63) is 62.5 Å². The standard InChI is InChI=1S/C27H34BrCl2N2O5P/c1-4-36-38(35,37-5-2)15-9-7-6-8-14-31-26(34)32(24-17-22(29)16-23(30)18-24)25(33)27(31,3)19-20-10-12-21(28)13-11-20/h10-13,16-18H,4-9,14-15,19H2,1-3H3/t27-/m1/s1. The van der Waals surface area contributed by atoms with Crippen LogP contribution in [0.4, 0.5) is 10.5 Å². The molecular weight excluding hydrogens is 614 g/mol. The van der Waals surface area contributed by atoms with Crippen LogP contribution in [0, 0.1) is 0 Å². The number of hydrogen-bond donors (Lipinski definition) is 0. The van der Waals surface area contributed by atoms with Crippen LogP contribution < -0.4 is 4.90 Å². The summed E-state index contributed by atoms with van der Waals surface area (Å²) >= 11 is 15.8. The van der Waals surface area contributed by atoms with Crippen molar-refractivity contribution < 1.29 is 23.2 Å². The van der Waals surface area contributed by atoms with Gasteiger partial charge < -0.3 is 13.9 Å². The second-order valence-corrected chi connectivity index (χ2v) is 13.3. The molecule has 0 radical (unpaired) electrons. The summed E-state index contributed by atoms with van der Waals surface area (Å²) < 4.78 is 24.3. The van der Waals surface area contributed by atoms with Crippen molar-refractivity contribution in [2.75, 3.05) is 30.8 Å². The molecule has 3 rings (SSSR count). The van der Waals surface area contributed by atoms with E-state index in [1.54, 1.807) is 36.9 Å². The maximum atomic E-state index is 13.8. The average Bonchev–Trinajstić information content (AvgIpc) is 3.02. The summed E-state index contributed by atoms with van der Waals surface area (Å²) in [6.07, 6.45) is 3.70. The second-order valence-electron chi connectivity index (χ2n) is 9.36. The van der Waals surface area contributed by atoms with E-state index in [0.29, 0.717) is 60.9 Å². The molecule has 1 saturated heterocycles. The van der Waals surface area contributed by atoms with Crippen LogP contribution in [0.25, 0.3) is 0 Å². The minimum Gasteiger partial charge on any atom is -0.309 e. The Morgan fingerprint density at radius 1 is 0.921 bits per heavy atom. The van der Waals surface area contributed by atoms with E-state index in [4.69, 9.17) is 32.2 Å². The van der Waals surface area contributed by atoms with Gasteiger partial charge in [-0.15, -0.1) is 0 Å². The van der Waals surface area contributed by atoms with Crippen molar-refractivity contribution in [3.63, 3.8) is 0 Å². The lowest BCUT2D eigenvalue weighted by atomic mass is 9.91. The molecule has 0 unspecified atom stereocenters. The number of urea groups is 1. The van der Waals surface area contributed by atoms with Gasteiger partial charge in [-0.25, -0.2) is 9.69 Å². The number of carbonyl (C=O) groups is 2. The summed E-state index contributed by atoms with van der Waals surface area (Å²) in [7, 11) is -3.06. The highest BCUT2D eigenvalue weighted by molar-refractivity contribution is 9.10. The number of rotatable bonds is 14. The topological polar surface area (TPSA) is 76.2 Å². The molecule has 7 nitrogen and oxygen atoms in total. The lowest BCUT2D eigenvalue weighted by Crippen LogP contribution is -2.49. The van der Waals surface area contributed by atoms with Crippen LogP contribution in [-0.4, -0.2) is 48.3 Å². The van der Waals surface area contributed by atoms with Crippen molar-refractivity contribution in [2.24, 2.45) is 0 Å². The quantitative estimate of drug-likeness (QED) is 0.117. The van der Waals surface area contributed by atoms with Gasteiger partial charge in [-0.2, -0.15) is 0 Å². The third kappa shape index (κ3) is 7.61. The fraction of sp³-hybridized carbons (Fsp3) is 0.481. The third-order valence-electron chi connectivity index (χ3n) is 6.46. The van der Waals surface area contributed by atoms with E-state index in [9.17, 15) is 14.2 Å². The van der Waals surface area contributed by atoms with Gasteiger partial charge in [0.05, 0.1) is 25.1 Å². The van der Waals surface area contributed by atoms with Gasteiger partial charge in [0.15, 0.2) is 0 Å². The number of imide groups is 1. The number of nitrogens with zero attached hydrogens (tertiary/aromatic N) is 2. The van der Waals surface area contributed by atoms with Crippen LogP contribution in [0.15, 0.2) is 46.9 Å². The van der Waals surface area contributed by atoms with E-state index in [0.717, 1.165) is 22.9 Å². The third-order valence-corrected chi connectivity index (χ3v) is 9.60. The minimum atomic E-state index is -3.06. The Bertz CT molecular complexity index is 1150. The number of hydrogen-bond acceptors (Lipinski definition) is 5. The predicted octanol–water partition coefficient (Wildman–Crippen LogP) is 8.35. The molecule has 3 amide bonds. The van der Waals surface area contributed by atoms with Crippen molar-refractivity contribution >= 4 is 64.4 Å². The Labute approximate surface area is 243 Å². The Hall–Kier alpha value is -1.41. The summed E-state index contributed by atoms with van der Waals surface area (Å²) in [6.45, 7) is 6.48. The molecule has 0 spiro atoms. The van der Waals surface area contributed by atoms with Crippen LogP contribution in [0.1, 0.15) is 52.0 Å². The highest BCUT2D eigenvalue weighted by Crippen LogP contribution is 2.48. The molecule has 208 valence electrons. The number of halogens is 3.